The molecule has 3 N–H and O–H groups in total. The predicted molar refractivity (Wildman–Crippen MR) is 99.3 cm³/mol. The van der Waals surface area contributed by atoms with Gasteiger partial charge >= 0.3 is 6.03 Å². The van der Waals surface area contributed by atoms with Gasteiger partial charge in [0.25, 0.3) is 5.91 Å². The van der Waals surface area contributed by atoms with E-state index in [1.807, 2.05) is 0 Å². The van der Waals surface area contributed by atoms with Crippen molar-refractivity contribution in [2.75, 3.05) is 25.1 Å². The van der Waals surface area contributed by atoms with E-state index in [1.165, 1.54) is 0 Å². The summed E-state index contributed by atoms with van der Waals surface area (Å²) in [7, 11) is 0. The fourth-order valence-electron chi connectivity index (χ4n) is 2.17. The van der Waals surface area contributed by atoms with E-state index in [0.717, 1.165) is 38.7 Å². The smallest absolute Gasteiger partial charge is 0.319 e. The molecule has 0 spiro atoms. The van der Waals surface area contributed by atoms with E-state index in [4.69, 9.17) is 16.3 Å². The fourth-order valence-corrected chi connectivity index (χ4v) is 2.37. The van der Waals surface area contributed by atoms with Crippen LogP contribution in [0.3, 0.4) is 0 Å². The van der Waals surface area contributed by atoms with Crippen LogP contribution in [0.4, 0.5) is 10.5 Å². The third-order valence-electron chi connectivity index (χ3n) is 3.77. The van der Waals surface area contributed by atoms with Crippen molar-refractivity contribution >= 4 is 29.2 Å². The molecule has 0 atom stereocenters. The maximum Gasteiger partial charge on any atom is 0.319 e. The van der Waals surface area contributed by atoms with Crippen LogP contribution >= 0.6 is 11.6 Å². The maximum absolute atomic E-state index is 12.1. The SMILES string of the molecule is CCCCOCCCNC(=O)Nc1ccc(Cl)c(C(=O)NC2CC2)c1. The van der Waals surface area contributed by atoms with E-state index in [1.54, 1.807) is 18.2 Å². The molecule has 2 rings (SSSR count). The van der Waals surface area contributed by atoms with E-state index >= 15 is 0 Å². The molecule has 1 aromatic carbocycles. The Morgan fingerprint density at radius 1 is 1.24 bits per heavy atom. The summed E-state index contributed by atoms with van der Waals surface area (Å²) in [6.45, 7) is 4.04. The molecular weight excluding hydrogens is 342 g/mol. The summed E-state index contributed by atoms with van der Waals surface area (Å²) in [5.41, 5.74) is 0.901. The van der Waals surface area contributed by atoms with E-state index in [2.05, 4.69) is 22.9 Å². The number of hydrogen-bond donors (Lipinski definition) is 3. The Bertz CT molecular complexity index is 591. The van der Waals surface area contributed by atoms with Gasteiger partial charge in [0.1, 0.15) is 0 Å². The minimum absolute atomic E-state index is 0.208. The molecule has 138 valence electrons. The van der Waals surface area contributed by atoms with Gasteiger partial charge in [0.05, 0.1) is 10.6 Å². The quantitative estimate of drug-likeness (QED) is 0.553. The number of amides is 3. The third-order valence-corrected chi connectivity index (χ3v) is 4.10. The van der Waals surface area contributed by atoms with Crippen LogP contribution in [0, 0.1) is 0 Å². The number of nitrogens with one attached hydrogen (secondary N) is 3. The van der Waals surface area contributed by atoms with Gasteiger partial charge in [-0.2, -0.15) is 0 Å². The standard InChI is InChI=1S/C18H26ClN3O3/c1-2-3-10-25-11-4-9-20-18(24)22-14-7-8-16(19)15(12-14)17(23)21-13-5-6-13/h7-8,12-13H,2-6,9-11H2,1H3,(H,21,23)(H2,20,22,24). The first-order chi connectivity index (χ1) is 12.1. The Morgan fingerprint density at radius 2 is 2.00 bits per heavy atom. The van der Waals surface area contributed by atoms with Crippen molar-refractivity contribution in [2.45, 2.75) is 45.1 Å². The predicted octanol–water partition coefficient (Wildman–Crippen LogP) is 3.56. The van der Waals surface area contributed by atoms with Gasteiger partial charge in [0.15, 0.2) is 0 Å². The highest BCUT2D eigenvalue weighted by Gasteiger charge is 2.24. The lowest BCUT2D eigenvalue weighted by atomic mass is 10.2. The first-order valence-electron chi connectivity index (χ1n) is 8.83. The molecule has 1 fully saturated rings. The van der Waals surface area contributed by atoms with Crippen LogP contribution < -0.4 is 16.0 Å². The van der Waals surface area contributed by atoms with Gasteiger partial charge in [-0.1, -0.05) is 24.9 Å². The third kappa shape index (κ3) is 7.32. The molecular formula is C18H26ClN3O3. The fraction of sp³-hybridized carbons (Fsp3) is 0.556. The molecule has 0 bridgehead atoms. The summed E-state index contributed by atoms with van der Waals surface area (Å²) >= 11 is 6.08. The summed E-state index contributed by atoms with van der Waals surface area (Å²) in [6, 6.07) is 4.81. The molecule has 0 aliphatic heterocycles. The average molecular weight is 368 g/mol. The van der Waals surface area contributed by atoms with Crippen LogP contribution in [0.25, 0.3) is 0 Å². The maximum atomic E-state index is 12.1. The number of carbonyl (C=O) groups is 2. The zero-order valence-corrected chi connectivity index (χ0v) is 15.3. The molecule has 0 unspecified atom stereocenters. The van der Waals surface area contributed by atoms with Crippen LogP contribution in [-0.2, 0) is 4.74 Å². The molecule has 1 saturated carbocycles. The van der Waals surface area contributed by atoms with Crippen LogP contribution in [0.2, 0.25) is 5.02 Å². The van der Waals surface area contributed by atoms with Crippen LogP contribution in [0.1, 0.15) is 49.4 Å². The van der Waals surface area contributed by atoms with Crippen molar-refractivity contribution in [3.63, 3.8) is 0 Å². The molecule has 6 nitrogen and oxygen atoms in total. The summed E-state index contributed by atoms with van der Waals surface area (Å²) in [4.78, 5) is 24.0. The number of urea groups is 1. The molecule has 3 amide bonds. The molecule has 7 heteroatoms. The second-order valence-electron chi connectivity index (χ2n) is 6.14. The first-order valence-corrected chi connectivity index (χ1v) is 9.21. The molecule has 0 heterocycles. The Balaban J connectivity index is 1.73. The van der Waals surface area contributed by atoms with Gasteiger partial charge in [-0.05, 0) is 43.9 Å². The van der Waals surface area contributed by atoms with E-state index < -0.39 is 0 Å². The molecule has 1 aliphatic carbocycles. The Kier molecular flexibility index (Phi) is 8.01. The number of benzene rings is 1. The van der Waals surface area contributed by atoms with E-state index in [9.17, 15) is 9.59 Å². The first kappa shape index (κ1) is 19.5. The lowest BCUT2D eigenvalue weighted by Gasteiger charge is -2.10. The second-order valence-corrected chi connectivity index (χ2v) is 6.55. The topological polar surface area (TPSA) is 79.5 Å². The zero-order valence-electron chi connectivity index (χ0n) is 14.6. The normalized spacial score (nSPS) is 13.4. The highest BCUT2D eigenvalue weighted by molar-refractivity contribution is 6.34. The van der Waals surface area contributed by atoms with Crippen molar-refractivity contribution in [3.8, 4) is 0 Å². The number of carbonyl (C=O) groups excluding carboxylic acids is 2. The highest BCUT2D eigenvalue weighted by Crippen LogP contribution is 2.23. The average Bonchev–Trinajstić information content (AvgIpc) is 3.39. The number of hydrogen-bond acceptors (Lipinski definition) is 3. The summed E-state index contributed by atoms with van der Waals surface area (Å²) in [5.74, 6) is -0.208. The van der Waals surface area contributed by atoms with E-state index in [-0.39, 0.29) is 18.0 Å². The Labute approximate surface area is 153 Å². The van der Waals surface area contributed by atoms with E-state index in [0.29, 0.717) is 29.4 Å². The van der Waals surface area contributed by atoms with Crippen LogP contribution in [0.5, 0.6) is 0 Å². The number of ether oxygens (including phenoxy) is 1. The van der Waals surface area contributed by atoms with Gasteiger partial charge in [0, 0.05) is 31.5 Å². The molecule has 0 saturated heterocycles. The van der Waals surface area contributed by atoms with Crippen molar-refractivity contribution in [1.29, 1.82) is 0 Å². The number of anilines is 1. The van der Waals surface area contributed by atoms with Crippen molar-refractivity contribution < 1.29 is 14.3 Å². The monoisotopic (exact) mass is 367 g/mol. The summed E-state index contributed by atoms with van der Waals surface area (Å²) in [6.07, 6.45) is 4.94. The van der Waals surface area contributed by atoms with Gasteiger partial charge in [-0.3, -0.25) is 4.79 Å². The van der Waals surface area contributed by atoms with Gasteiger partial charge in [-0.25, -0.2) is 4.79 Å². The number of unbranched alkanes of at least 4 members (excludes halogenated alkanes) is 1. The summed E-state index contributed by atoms with van der Waals surface area (Å²) < 4.78 is 5.44. The highest BCUT2D eigenvalue weighted by atomic mass is 35.5. The minimum atomic E-state index is -0.315. The Hall–Kier alpha value is -1.79. The van der Waals surface area contributed by atoms with Gasteiger partial charge in [-0.15, -0.1) is 0 Å². The van der Waals surface area contributed by atoms with Gasteiger partial charge in [0.2, 0.25) is 0 Å². The number of halogens is 1. The largest absolute Gasteiger partial charge is 0.381 e. The van der Waals surface area contributed by atoms with Crippen molar-refractivity contribution in [2.24, 2.45) is 0 Å². The number of rotatable bonds is 10. The zero-order chi connectivity index (χ0) is 18.1. The molecule has 1 aromatic rings. The second kappa shape index (κ2) is 10.3. The van der Waals surface area contributed by atoms with Crippen molar-refractivity contribution in [1.82, 2.24) is 10.6 Å². The lowest BCUT2D eigenvalue weighted by molar-refractivity contribution is 0.0951. The lowest BCUT2D eigenvalue weighted by Crippen LogP contribution is -2.30. The summed E-state index contributed by atoms with van der Waals surface area (Å²) in [5, 5.41) is 8.74. The molecule has 0 aromatic heterocycles. The molecule has 0 radical (unpaired) electrons. The minimum Gasteiger partial charge on any atom is -0.381 e. The van der Waals surface area contributed by atoms with Crippen molar-refractivity contribution in [3.05, 3.63) is 28.8 Å². The Morgan fingerprint density at radius 3 is 2.72 bits per heavy atom. The molecule has 1 aliphatic rings. The van der Waals surface area contributed by atoms with Crippen LogP contribution in [0.15, 0.2) is 18.2 Å². The van der Waals surface area contributed by atoms with Crippen LogP contribution in [-0.4, -0.2) is 37.7 Å². The molecule has 25 heavy (non-hydrogen) atoms. The van der Waals surface area contributed by atoms with Gasteiger partial charge < -0.3 is 20.7 Å².